The molecule has 0 spiro atoms. The van der Waals surface area contributed by atoms with Crippen molar-refractivity contribution in [2.24, 2.45) is 5.73 Å². The molecule has 0 saturated heterocycles. The summed E-state index contributed by atoms with van der Waals surface area (Å²) in [6.07, 6.45) is 0. The monoisotopic (exact) mass is 283 g/mol. The topological polar surface area (TPSA) is 62.9 Å². The molecule has 0 aliphatic carbocycles. The van der Waals surface area contributed by atoms with Crippen LogP contribution in [0, 0.1) is 0 Å². The van der Waals surface area contributed by atoms with E-state index in [0.29, 0.717) is 39.6 Å². The van der Waals surface area contributed by atoms with Gasteiger partial charge in [-0.15, -0.1) is 0 Å². The molecule has 0 radical (unpaired) electrons. The van der Waals surface area contributed by atoms with Crippen LogP contribution in [0.25, 0.3) is 0 Å². The van der Waals surface area contributed by atoms with Crippen molar-refractivity contribution in [1.82, 2.24) is 0 Å². The highest BCUT2D eigenvalue weighted by atomic mass is 16.5. The Balaban J connectivity index is 2.27. The van der Waals surface area contributed by atoms with Crippen LogP contribution >= 0.6 is 0 Å². The maximum atomic E-state index is 6.12. The third-order valence-electron chi connectivity index (χ3n) is 2.72. The summed E-state index contributed by atoms with van der Waals surface area (Å²) in [5.41, 5.74) is 7.09. The Kier molecular flexibility index (Phi) is 8.98. The van der Waals surface area contributed by atoms with E-state index in [1.165, 1.54) is 0 Å². The first kappa shape index (κ1) is 16.9. The smallest absolute Gasteiger partial charge is 0.124 e. The van der Waals surface area contributed by atoms with Crippen molar-refractivity contribution < 1.29 is 18.9 Å². The van der Waals surface area contributed by atoms with Gasteiger partial charge in [0, 0.05) is 12.7 Å². The van der Waals surface area contributed by atoms with Gasteiger partial charge in [0.2, 0.25) is 0 Å². The van der Waals surface area contributed by atoms with E-state index in [-0.39, 0.29) is 6.04 Å². The van der Waals surface area contributed by atoms with Gasteiger partial charge < -0.3 is 24.7 Å². The largest absolute Gasteiger partial charge is 0.494 e. The Morgan fingerprint density at radius 2 is 1.75 bits per heavy atom. The first-order chi connectivity index (χ1) is 9.79. The lowest BCUT2D eigenvalue weighted by molar-refractivity contribution is 0.0214. The number of benzene rings is 1. The fourth-order valence-corrected chi connectivity index (χ4v) is 1.74. The molecular weight excluding hydrogens is 258 g/mol. The van der Waals surface area contributed by atoms with Crippen LogP contribution in [0.3, 0.4) is 0 Å². The van der Waals surface area contributed by atoms with Crippen LogP contribution in [0.5, 0.6) is 5.75 Å². The Bertz CT molecular complexity index is 359. The van der Waals surface area contributed by atoms with Crippen molar-refractivity contribution in [2.75, 3.05) is 46.8 Å². The highest BCUT2D eigenvalue weighted by molar-refractivity contribution is 5.35. The number of ether oxygens (including phenoxy) is 4. The molecule has 0 bridgehead atoms. The molecule has 1 aromatic carbocycles. The number of hydrogen-bond acceptors (Lipinski definition) is 5. The molecule has 0 amide bonds. The van der Waals surface area contributed by atoms with Crippen molar-refractivity contribution in [3.8, 4) is 5.75 Å². The summed E-state index contributed by atoms with van der Waals surface area (Å²) in [6.45, 7) is 5.27. The van der Waals surface area contributed by atoms with Gasteiger partial charge >= 0.3 is 0 Å². The van der Waals surface area contributed by atoms with E-state index in [4.69, 9.17) is 24.7 Å². The average Bonchev–Trinajstić information content (AvgIpc) is 2.47. The highest BCUT2D eigenvalue weighted by Crippen LogP contribution is 2.23. The maximum absolute atomic E-state index is 6.12. The number of para-hydroxylation sites is 1. The van der Waals surface area contributed by atoms with E-state index in [1.54, 1.807) is 7.11 Å². The fourth-order valence-electron chi connectivity index (χ4n) is 1.74. The lowest BCUT2D eigenvalue weighted by atomic mass is 10.1. The van der Waals surface area contributed by atoms with Crippen LogP contribution in [0.2, 0.25) is 0 Å². The molecule has 0 aliphatic heterocycles. The predicted molar refractivity (Wildman–Crippen MR) is 78.1 cm³/mol. The van der Waals surface area contributed by atoms with Crippen molar-refractivity contribution in [1.29, 1.82) is 0 Å². The Labute approximate surface area is 121 Å². The van der Waals surface area contributed by atoms with Crippen LogP contribution in [-0.2, 0) is 14.2 Å². The van der Waals surface area contributed by atoms with E-state index < -0.39 is 0 Å². The van der Waals surface area contributed by atoms with Gasteiger partial charge in [-0.05, 0) is 13.0 Å². The number of nitrogens with two attached hydrogens (primary N) is 1. The molecule has 0 aliphatic rings. The van der Waals surface area contributed by atoms with Gasteiger partial charge in [0.25, 0.3) is 0 Å². The van der Waals surface area contributed by atoms with Gasteiger partial charge in [0.1, 0.15) is 5.75 Å². The Hall–Kier alpha value is -1.14. The van der Waals surface area contributed by atoms with Crippen LogP contribution in [0.4, 0.5) is 0 Å². The Morgan fingerprint density at radius 3 is 2.50 bits per heavy atom. The van der Waals surface area contributed by atoms with Crippen LogP contribution < -0.4 is 10.5 Å². The molecule has 0 fully saturated rings. The zero-order valence-corrected chi connectivity index (χ0v) is 12.3. The van der Waals surface area contributed by atoms with Crippen LogP contribution in [0.1, 0.15) is 18.5 Å². The molecule has 1 aromatic rings. The molecule has 0 saturated carbocycles. The number of hydrogen-bond donors (Lipinski definition) is 1. The molecular formula is C15H25NO4. The third-order valence-corrected chi connectivity index (χ3v) is 2.72. The lowest BCUT2D eigenvalue weighted by Gasteiger charge is -2.16. The summed E-state index contributed by atoms with van der Waals surface area (Å²) in [4.78, 5) is 0. The molecule has 5 nitrogen and oxygen atoms in total. The van der Waals surface area contributed by atoms with E-state index in [0.717, 1.165) is 11.3 Å². The predicted octanol–water partition coefficient (Wildman–Crippen LogP) is 1.76. The third kappa shape index (κ3) is 6.34. The number of rotatable bonds is 11. The molecule has 1 unspecified atom stereocenters. The minimum Gasteiger partial charge on any atom is -0.494 e. The van der Waals surface area contributed by atoms with E-state index >= 15 is 0 Å². The van der Waals surface area contributed by atoms with Gasteiger partial charge in [0.15, 0.2) is 0 Å². The summed E-state index contributed by atoms with van der Waals surface area (Å²) in [5, 5.41) is 0. The molecule has 0 aromatic heterocycles. The molecule has 1 rings (SSSR count). The van der Waals surface area contributed by atoms with E-state index in [1.807, 2.05) is 31.2 Å². The zero-order chi connectivity index (χ0) is 14.6. The van der Waals surface area contributed by atoms with Gasteiger partial charge in [-0.2, -0.15) is 0 Å². The van der Waals surface area contributed by atoms with Crippen molar-refractivity contribution >= 4 is 0 Å². The minimum atomic E-state index is -0.197. The standard InChI is InChI=1S/C15H25NO4/c1-3-20-15-7-5-4-6-13(15)14(16)12-19-11-10-18-9-8-17-2/h4-7,14H,3,8-12,16H2,1-2H3. The van der Waals surface area contributed by atoms with Gasteiger partial charge in [-0.3, -0.25) is 0 Å². The lowest BCUT2D eigenvalue weighted by Crippen LogP contribution is -2.20. The molecule has 2 N–H and O–H groups in total. The molecule has 1 atom stereocenters. The fraction of sp³-hybridized carbons (Fsp3) is 0.600. The number of methoxy groups -OCH3 is 1. The average molecular weight is 283 g/mol. The SMILES string of the molecule is CCOc1ccccc1C(N)COCCOCCOC. The summed E-state index contributed by atoms with van der Waals surface area (Å²) < 4.78 is 21.3. The summed E-state index contributed by atoms with van der Waals surface area (Å²) in [6, 6.07) is 7.58. The molecule has 114 valence electrons. The van der Waals surface area contributed by atoms with Crippen LogP contribution in [0.15, 0.2) is 24.3 Å². The van der Waals surface area contributed by atoms with Gasteiger partial charge in [-0.1, -0.05) is 18.2 Å². The zero-order valence-electron chi connectivity index (χ0n) is 12.3. The molecule has 5 heteroatoms. The Morgan fingerprint density at radius 1 is 1.05 bits per heavy atom. The first-order valence-electron chi connectivity index (χ1n) is 6.91. The summed E-state index contributed by atoms with van der Waals surface area (Å²) in [7, 11) is 1.65. The summed E-state index contributed by atoms with van der Waals surface area (Å²) >= 11 is 0. The van der Waals surface area contributed by atoms with E-state index in [9.17, 15) is 0 Å². The second-order valence-electron chi connectivity index (χ2n) is 4.26. The second kappa shape index (κ2) is 10.6. The summed E-state index contributed by atoms with van der Waals surface area (Å²) in [5.74, 6) is 0.822. The van der Waals surface area contributed by atoms with Gasteiger partial charge in [0.05, 0.1) is 45.7 Å². The maximum Gasteiger partial charge on any atom is 0.124 e. The molecule has 0 heterocycles. The second-order valence-corrected chi connectivity index (χ2v) is 4.26. The van der Waals surface area contributed by atoms with Crippen molar-refractivity contribution in [3.63, 3.8) is 0 Å². The van der Waals surface area contributed by atoms with Gasteiger partial charge in [-0.25, -0.2) is 0 Å². The van der Waals surface area contributed by atoms with Crippen molar-refractivity contribution in [2.45, 2.75) is 13.0 Å². The van der Waals surface area contributed by atoms with Crippen molar-refractivity contribution in [3.05, 3.63) is 29.8 Å². The molecule has 20 heavy (non-hydrogen) atoms. The highest BCUT2D eigenvalue weighted by Gasteiger charge is 2.11. The quantitative estimate of drug-likeness (QED) is 0.627. The van der Waals surface area contributed by atoms with Crippen LogP contribution in [-0.4, -0.2) is 46.8 Å². The first-order valence-corrected chi connectivity index (χ1v) is 6.91. The van der Waals surface area contributed by atoms with E-state index in [2.05, 4.69) is 0 Å². The normalized spacial score (nSPS) is 12.3. The minimum absolute atomic E-state index is 0.197.